The highest BCUT2D eigenvalue weighted by molar-refractivity contribution is 5.91. The quantitative estimate of drug-likeness (QED) is 0.807. The zero-order valence-corrected chi connectivity index (χ0v) is 14.6. The van der Waals surface area contributed by atoms with Gasteiger partial charge in [0.05, 0.1) is 7.11 Å². The molecular weight excluding hydrogens is 314 g/mol. The number of rotatable bonds is 7. The van der Waals surface area contributed by atoms with Crippen molar-refractivity contribution in [2.75, 3.05) is 42.3 Å². The average Bonchev–Trinajstić information content (AvgIpc) is 3.18. The van der Waals surface area contributed by atoms with Crippen LogP contribution in [0.2, 0.25) is 0 Å². The molecule has 1 heterocycles. The fourth-order valence-electron chi connectivity index (χ4n) is 2.98. The third kappa shape index (κ3) is 4.89. The molecule has 25 heavy (non-hydrogen) atoms. The van der Waals surface area contributed by atoms with Crippen LogP contribution in [0, 0.1) is 0 Å². The Morgan fingerprint density at radius 2 is 1.64 bits per heavy atom. The van der Waals surface area contributed by atoms with Crippen molar-refractivity contribution in [3.05, 3.63) is 48.5 Å². The maximum absolute atomic E-state index is 12.0. The van der Waals surface area contributed by atoms with E-state index in [0.29, 0.717) is 13.0 Å². The topological polar surface area (TPSA) is 53.6 Å². The van der Waals surface area contributed by atoms with E-state index < -0.39 is 0 Å². The van der Waals surface area contributed by atoms with Crippen LogP contribution >= 0.6 is 0 Å². The molecule has 5 heteroatoms. The molecule has 5 nitrogen and oxygen atoms in total. The van der Waals surface area contributed by atoms with Gasteiger partial charge in [0.15, 0.2) is 0 Å². The first kappa shape index (κ1) is 17.1. The molecule has 1 saturated heterocycles. The Balaban J connectivity index is 1.41. The fraction of sp³-hybridized carbons (Fsp3) is 0.350. The van der Waals surface area contributed by atoms with Crippen molar-refractivity contribution < 1.29 is 9.53 Å². The molecule has 0 atom stereocenters. The van der Waals surface area contributed by atoms with Crippen molar-refractivity contribution in [2.24, 2.45) is 0 Å². The second kappa shape index (κ2) is 8.42. The Bertz CT molecular complexity index is 677. The van der Waals surface area contributed by atoms with E-state index in [4.69, 9.17) is 4.74 Å². The Labute approximate surface area is 149 Å². The van der Waals surface area contributed by atoms with E-state index in [9.17, 15) is 4.79 Å². The van der Waals surface area contributed by atoms with Gasteiger partial charge in [-0.2, -0.15) is 0 Å². The van der Waals surface area contributed by atoms with Crippen molar-refractivity contribution in [2.45, 2.75) is 19.3 Å². The van der Waals surface area contributed by atoms with Crippen LogP contribution in [0.4, 0.5) is 17.1 Å². The van der Waals surface area contributed by atoms with Gasteiger partial charge in [-0.15, -0.1) is 0 Å². The summed E-state index contributed by atoms with van der Waals surface area (Å²) >= 11 is 0. The van der Waals surface area contributed by atoms with E-state index in [1.165, 1.54) is 18.5 Å². The molecule has 2 aromatic carbocycles. The minimum absolute atomic E-state index is 0.00801. The van der Waals surface area contributed by atoms with Crippen LogP contribution in [-0.4, -0.2) is 32.7 Å². The largest absolute Gasteiger partial charge is 0.497 e. The molecule has 0 radical (unpaired) electrons. The predicted octanol–water partition coefficient (Wildman–Crippen LogP) is 3.74. The van der Waals surface area contributed by atoms with Crippen molar-refractivity contribution in [3.63, 3.8) is 0 Å². The van der Waals surface area contributed by atoms with E-state index in [1.807, 2.05) is 24.3 Å². The highest BCUT2D eigenvalue weighted by Gasteiger charge is 2.11. The molecule has 1 aliphatic heterocycles. The van der Waals surface area contributed by atoms with Gasteiger partial charge in [-0.25, -0.2) is 0 Å². The van der Waals surface area contributed by atoms with Gasteiger partial charge in [-0.3, -0.25) is 4.79 Å². The number of hydrogen-bond donors (Lipinski definition) is 2. The summed E-state index contributed by atoms with van der Waals surface area (Å²) in [6, 6.07) is 15.8. The van der Waals surface area contributed by atoms with Gasteiger partial charge in [0.25, 0.3) is 0 Å². The van der Waals surface area contributed by atoms with Gasteiger partial charge in [0.2, 0.25) is 5.91 Å². The SMILES string of the molecule is COc1ccc(NC(=O)CCNc2ccc(N3CCCC3)cc2)cc1. The van der Waals surface area contributed by atoms with Crippen molar-refractivity contribution >= 4 is 23.0 Å². The molecule has 0 aromatic heterocycles. The first-order valence-electron chi connectivity index (χ1n) is 8.77. The number of nitrogens with zero attached hydrogens (tertiary/aromatic N) is 1. The van der Waals surface area contributed by atoms with Crippen LogP contribution in [0.5, 0.6) is 5.75 Å². The summed E-state index contributed by atoms with van der Waals surface area (Å²) in [4.78, 5) is 14.4. The van der Waals surface area contributed by atoms with Crippen LogP contribution in [0.25, 0.3) is 0 Å². The second-order valence-corrected chi connectivity index (χ2v) is 6.19. The molecule has 0 bridgehead atoms. The van der Waals surface area contributed by atoms with E-state index in [-0.39, 0.29) is 5.91 Å². The number of benzene rings is 2. The summed E-state index contributed by atoms with van der Waals surface area (Å²) in [5.41, 5.74) is 3.10. The highest BCUT2D eigenvalue weighted by Crippen LogP contribution is 2.22. The van der Waals surface area contributed by atoms with Gasteiger partial charge in [-0.1, -0.05) is 0 Å². The van der Waals surface area contributed by atoms with Crippen LogP contribution in [0.15, 0.2) is 48.5 Å². The van der Waals surface area contributed by atoms with Crippen LogP contribution < -0.4 is 20.3 Å². The third-order valence-corrected chi connectivity index (χ3v) is 4.39. The lowest BCUT2D eigenvalue weighted by atomic mass is 10.2. The molecule has 1 fully saturated rings. The van der Waals surface area contributed by atoms with Gasteiger partial charge < -0.3 is 20.3 Å². The van der Waals surface area contributed by atoms with Crippen molar-refractivity contribution in [1.82, 2.24) is 0 Å². The summed E-state index contributed by atoms with van der Waals surface area (Å²) in [5, 5.41) is 6.18. The predicted molar refractivity (Wildman–Crippen MR) is 103 cm³/mol. The Morgan fingerprint density at radius 3 is 2.28 bits per heavy atom. The lowest BCUT2D eigenvalue weighted by molar-refractivity contribution is -0.115. The summed E-state index contributed by atoms with van der Waals surface area (Å²) in [7, 11) is 1.62. The van der Waals surface area contributed by atoms with E-state index in [2.05, 4.69) is 39.8 Å². The summed E-state index contributed by atoms with van der Waals surface area (Å²) in [5.74, 6) is 0.767. The molecule has 3 rings (SSSR count). The number of hydrogen-bond acceptors (Lipinski definition) is 4. The molecule has 2 aromatic rings. The summed E-state index contributed by atoms with van der Waals surface area (Å²) in [6.45, 7) is 2.90. The number of carbonyl (C=O) groups is 1. The Hall–Kier alpha value is -2.69. The maximum Gasteiger partial charge on any atom is 0.226 e. The number of anilines is 3. The van der Waals surface area contributed by atoms with Crippen molar-refractivity contribution in [1.29, 1.82) is 0 Å². The normalized spacial score (nSPS) is 13.6. The van der Waals surface area contributed by atoms with E-state index in [0.717, 1.165) is 30.2 Å². The number of carbonyl (C=O) groups excluding carboxylic acids is 1. The number of nitrogens with one attached hydrogen (secondary N) is 2. The number of amides is 1. The second-order valence-electron chi connectivity index (χ2n) is 6.19. The first-order chi connectivity index (χ1) is 12.2. The van der Waals surface area contributed by atoms with Gasteiger partial charge in [0.1, 0.15) is 5.75 Å². The van der Waals surface area contributed by atoms with Crippen LogP contribution in [-0.2, 0) is 4.79 Å². The molecular formula is C20H25N3O2. The van der Waals surface area contributed by atoms with Gasteiger partial charge in [-0.05, 0) is 61.4 Å². The molecule has 132 valence electrons. The Morgan fingerprint density at radius 1 is 1.00 bits per heavy atom. The van der Waals surface area contributed by atoms with Crippen LogP contribution in [0.3, 0.4) is 0 Å². The first-order valence-corrected chi connectivity index (χ1v) is 8.77. The molecule has 0 aliphatic carbocycles. The number of methoxy groups -OCH3 is 1. The molecule has 0 unspecified atom stereocenters. The van der Waals surface area contributed by atoms with Gasteiger partial charge in [0, 0.05) is 43.1 Å². The Kier molecular flexibility index (Phi) is 5.77. The molecule has 2 N–H and O–H groups in total. The fourth-order valence-corrected chi connectivity index (χ4v) is 2.98. The number of ether oxygens (including phenoxy) is 1. The summed E-state index contributed by atoms with van der Waals surface area (Å²) in [6.07, 6.45) is 2.98. The molecule has 1 amide bonds. The zero-order valence-electron chi connectivity index (χ0n) is 14.6. The van der Waals surface area contributed by atoms with Gasteiger partial charge >= 0.3 is 0 Å². The lowest BCUT2D eigenvalue weighted by Crippen LogP contribution is -2.17. The van der Waals surface area contributed by atoms with E-state index in [1.54, 1.807) is 7.11 Å². The van der Waals surface area contributed by atoms with Crippen molar-refractivity contribution in [3.8, 4) is 5.75 Å². The molecule has 0 saturated carbocycles. The highest BCUT2D eigenvalue weighted by atomic mass is 16.5. The zero-order chi connectivity index (χ0) is 17.5. The third-order valence-electron chi connectivity index (χ3n) is 4.39. The lowest BCUT2D eigenvalue weighted by Gasteiger charge is -2.18. The summed E-state index contributed by atoms with van der Waals surface area (Å²) < 4.78 is 5.10. The van der Waals surface area contributed by atoms with E-state index >= 15 is 0 Å². The molecule has 1 aliphatic rings. The standard InChI is InChI=1S/C20H25N3O2/c1-25-19-10-6-17(7-11-19)22-20(24)12-13-21-16-4-8-18(9-5-16)23-14-2-3-15-23/h4-11,21H,2-3,12-15H2,1H3,(H,22,24). The molecule has 0 spiro atoms. The minimum Gasteiger partial charge on any atom is -0.497 e. The monoisotopic (exact) mass is 339 g/mol. The van der Waals surface area contributed by atoms with Crippen LogP contribution in [0.1, 0.15) is 19.3 Å². The minimum atomic E-state index is -0.00801. The smallest absolute Gasteiger partial charge is 0.226 e. The average molecular weight is 339 g/mol. The maximum atomic E-state index is 12.0.